The summed E-state index contributed by atoms with van der Waals surface area (Å²) in [5, 5.41) is 11.0. The summed E-state index contributed by atoms with van der Waals surface area (Å²) in [4.78, 5) is 4.50. The second-order valence-electron chi connectivity index (χ2n) is 5.34. The van der Waals surface area contributed by atoms with E-state index in [0.29, 0.717) is 12.4 Å². The Morgan fingerprint density at radius 2 is 2.04 bits per heavy atom. The van der Waals surface area contributed by atoms with Gasteiger partial charge in [0.05, 0.1) is 12.9 Å². The Morgan fingerprint density at radius 1 is 1.13 bits per heavy atom. The van der Waals surface area contributed by atoms with Gasteiger partial charge in [-0.1, -0.05) is 18.2 Å². The Labute approximate surface area is 134 Å². The Morgan fingerprint density at radius 3 is 2.87 bits per heavy atom. The molecule has 2 heterocycles. The van der Waals surface area contributed by atoms with Crippen LogP contribution in [0.1, 0.15) is 11.5 Å². The highest BCUT2D eigenvalue weighted by molar-refractivity contribution is 5.84. The molecule has 5 heteroatoms. The molecule has 120 valence electrons. The van der Waals surface area contributed by atoms with Crippen molar-refractivity contribution in [1.82, 2.24) is 4.98 Å². The molecular formula is C18H19NO4. The molecular weight excluding hydrogens is 294 g/mol. The van der Waals surface area contributed by atoms with Crippen molar-refractivity contribution in [2.24, 2.45) is 0 Å². The van der Waals surface area contributed by atoms with Crippen LogP contribution in [0.4, 0.5) is 0 Å². The number of nitrogens with zero attached hydrogens (tertiary/aromatic N) is 1. The van der Waals surface area contributed by atoms with Crippen LogP contribution in [0.5, 0.6) is 5.75 Å². The lowest BCUT2D eigenvalue weighted by atomic mass is 10.2. The Kier molecular flexibility index (Phi) is 4.90. The highest BCUT2D eigenvalue weighted by atomic mass is 16.5. The number of aryl methyl sites for hydroxylation is 1. The zero-order chi connectivity index (χ0) is 16.1. The van der Waals surface area contributed by atoms with Crippen LogP contribution in [0.15, 0.2) is 53.1 Å². The van der Waals surface area contributed by atoms with Gasteiger partial charge in [0.2, 0.25) is 0 Å². The lowest BCUT2D eigenvalue weighted by Gasteiger charge is -2.13. The fourth-order valence-electron chi connectivity index (χ4n) is 2.26. The Hall–Kier alpha value is -2.37. The first-order valence-electron chi connectivity index (χ1n) is 7.50. The van der Waals surface area contributed by atoms with Gasteiger partial charge < -0.3 is 19.0 Å². The SMILES string of the molecule is Cc1ccc2cccc(OCC(O)COCc3ccco3)c2n1. The number of ether oxygens (including phenoxy) is 2. The maximum absolute atomic E-state index is 9.96. The number of aliphatic hydroxyl groups is 1. The first-order valence-corrected chi connectivity index (χ1v) is 7.50. The van der Waals surface area contributed by atoms with Crippen molar-refractivity contribution in [2.75, 3.05) is 13.2 Å². The highest BCUT2D eigenvalue weighted by Crippen LogP contribution is 2.24. The van der Waals surface area contributed by atoms with E-state index in [1.807, 2.05) is 43.3 Å². The average Bonchev–Trinajstić information content (AvgIpc) is 3.06. The summed E-state index contributed by atoms with van der Waals surface area (Å²) in [5.74, 6) is 1.39. The largest absolute Gasteiger partial charge is 0.489 e. The van der Waals surface area contributed by atoms with E-state index in [4.69, 9.17) is 13.9 Å². The first kappa shape index (κ1) is 15.5. The zero-order valence-corrected chi connectivity index (χ0v) is 12.9. The van der Waals surface area contributed by atoms with Gasteiger partial charge in [-0.05, 0) is 31.2 Å². The van der Waals surface area contributed by atoms with Gasteiger partial charge in [-0.3, -0.25) is 0 Å². The van der Waals surface area contributed by atoms with E-state index >= 15 is 0 Å². The normalized spacial score (nSPS) is 12.4. The van der Waals surface area contributed by atoms with Crippen LogP contribution < -0.4 is 4.74 Å². The number of furan rings is 1. The summed E-state index contributed by atoms with van der Waals surface area (Å²) in [6, 6.07) is 13.3. The van der Waals surface area contributed by atoms with E-state index in [0.717, 1.165) is 22.4 Å². The van der Waals surface area contributed by atoms with Gasteiger partial charge in [-0.15, -0.1) is 0 Å². The maximum atomic E-state index is 9.96. The van der Waals surface area contributed by atoms with Crippen molar-refractivity contribution in [3.05, 3.63) is 60.2 Å². The molecule has 0 radical (unpaired) electrons. The molecule has 1 atom stereocenters. The Balaban J connectivity index is 1.54. The number of fused-ring (bicyclic) bond motifs is 1. The van der Waals surface area contributed by atoms with Crippen LogP contribution in [0.3, 0.4) is 0 Å². The van der Waals surface area contributed by atoms with Gasteiger partial charge >= 0.3 is 0 Å². The number of aliphatic hydroxyl groups excluding tert-OH is 1. The lowest BCUT2D eigenvalue weighted by molar-refractivity contribution is 0.00110. The van der Waals surface area contributed by atoms with E-state index in [2.05, 4.69) is 4.98 Å². The number of aromatic nitrogens is 1. The lowest BCUT2D eigenvalue weighted by Crippen LogP contribution is -2.23. The molecule has 0 spiro atoms. The van der Waals surface area contributed by atoms with Gasteiger partial charge in [0, 0.05) is 11.1 Å². The third kappa shape index (κ3) is 4.09. The number of benzene rings is 1. The monoisotopic (exact) mass is 313 g/mol. The highest BCUT2D eigenvalue weighted by Gasteiger charge is 2.09. The summed E-state index contributed by atoms with van der Waals surface area (Å²) < 4.78 is 16.3. The van der Waals surface area contributed by atoms with Crippen LogP contribution in [0.25, 0.3) is 10.9 Å². The van der Waals surface area contributed by atoms with Crippen LogP contribution in [0.2, 0.25) is 0 Å². The quantitative estimate of drug-likeness (QED) is 0.726. The summed E-state index contributed by atoms with van der Waals surface area (Å²) >= 11 is 0. The van der Waals surface area contributed by atoms with Crippen molar-refractivity contribution in [2.45, 2.75) is 19.6 Å². The van der Waals surface area contributed by atoms with E-state index in [9.17, 15) is 5.11 Å². The molecule has 3 aromatic rings. The van der Waals surface area contributed by atoms with Crippen LogP contribution in [-0.2, 0) is 11.3 Å². The molecule has 0 aliphatic carbocycles. The fourth-order valence-corrected chi connectivity index (χ4v) is 2.26. The molecule has 3 rings (SSSR count). The van der Waals surface area contributed by atoms with Gasteiger partial charge in [-0.25, -0.2) is 4.98 Å². The van der Waals surface area contributed by atoms with Crippen LogP contribution in [0, 0.1) is 6.92 Å². The third-order valence-electron chi connectivity index (χ3n) is 3.39. The standard InChI is InChI=1S/C18H19NO4/c1-13-7-8-14-4-2-6-17(18(14)19-13)23-11-15(20)10-21-12-16-5-3-9-22-16/h2-9,15,20H,10-12H2,1H3. The molecule has 0 aliphatic rings. The van der Waals surface area contributed by atoms with E-state index in [1.165, 1.54) is 0 Å². The molecule has 0 bridgehead atoms. The number of hydrogen-bond donors (Lipinski definition) is 1. The predicted octanol–water partition coefficient (Wildman–Crippen LogP) is 3.09. The van der Waals surface area contributed by atoms with Crippen molar-refractivity contribution in [1.29, 1.82) is 0 Å². The molecule has 0 amide bonds. The van der Waals surface area contributed by atoms with Gasteiger partial charge in [0.1, 0.15) is 36.3 Å². The van der Waals surface area contributed by atoms with Crippen LogP contribution in [-0.4, -0.2) is 29.4 Å². The molecule has 1 N–H and O–H groups in total. The van der Waals surface area contributed by atoms with Crippen molar-refractivity contribution < 1.29 is 19.0 Å². The van der Waals surface area contributed by atoms with E-state index in [1.54, 1.807) is 12.3 Å². The first-order chi connectivity index (χ1) is 11.2. The van der Waals surface area contributed by atoms with E-state index < -0.39 is 6.10 Å². The number of hydrogen-bond acceptors (Lipinski definition) is 5. The number of rotatable bonds is 7. The van der Waals surface area contributed by atoms with Crippen LogP contribution >= 0.6 is 0 Å². The molecule has 5 nitrogen and oxygen atoms in total. The minimum atomic E-state index is -0.718. The molecule has 2 aromatic heterocycles. The van der Waals surface area contributed by atoms with Crippen molar-refractivity contribution >= 4 is 10.9 Å². The summed E-state index contributed by atoms with van der Waals surface area (Å²) in [7, 11) is 0. The molecule has 0 aliphatic heterocycles. The van der Waals surface area contributed by atoms with E-state index in [-0.39, 0.29) is 13.2 Å². The minimum Gasteiger partial charge on any atom is -0.489 e. The minimum absolute atomic E-state index is 0.146. The molecule has 1 unspecified atom stereocenters. The second kappa shape index (κ2) is 7.26. The second-order valence-corrected chi connectivity index (χ2v) is 5.34. The predicted molar refractivity (Wildman–Crippen MR) is 86.3 cm³/mol. The maximum Gasteiger partial charge on any atom is 0.145 e. The summed E-state index contributed by atoms with van der Waals surface area (Å²) in [6.45, 7) is 2.59. The summed E-state index contributed by atoms with van der Waals surface area (Å²) in [6.07, 6.45) is 0.873. The topological polar surface area (TPSA) is 64.7 Å². The van der Waals surface area contributed by atoms with Crippen molar-refractivity contribution in [3.8, 4) is 5.75 Å². The Bertz CT molecular complexity index is 755. The smallest absolute Gasteiger partial charge is 0.145 e. The van der Waals surface area contributed by atoms with Gasteiger partial charge in [-0.2, -0.15) is 0 Å². The molecule has 23 heavy (non-hydrogen) atoms. The molecule has 0 saturated carbocycles. The zero-order valence-electron chi connectivity index (χ0n) is 12.9. The van der Waals surface area contributed by atoms with Gasteiger partial charge in [0.25, 0.3) is 0 Å². The van der Waals surface area contributed by atoms with Crippen molar-refractivity contribution in [3.63, 3.8) is 0 Å². The third-order valence-corrected chi connectivity index (χ3v) is 3.39. The average molecular weight is 313 g/mol. The molecule has 0 fully saturated rings. The summed E-state index contributed by atoms with van der Waals surface area (Å²) in [5.41, 5.74) is 1.73. The fraction of sp³-hybridized carbons (Fsp3) is 0.278. The van der Waals surface area contributed by atoms with Gasteiger partial charge in [0.15, 0.2) is 0 Å². The number of para-hydroxylation sites is 1. The molecule has 0 saturated heterocycles. The number of pyridine rings is 1. The molecule has 1 aromatic carbocycles.